The number of aliphatic hydroxyl groups excluding tert-OH is 1. The number of carbonyl (C=O) groups excluding carboxylic acids is 2. The van der Waals surface area contributed by atoms with E-state index in [1.165, 1.54) is 22.8 Å². The van der Waals surface area contributed by atoms with Gasteiger partial charge in [-0.15, -0.1) is 13.2 Å². The second-order valence-corrected chi connectivity index (χ2v) is 10.9. The normalized spacial score (nSPS) is 18.2. The molecule has 0 saturated carbocycles. The van der Waals surface area contributed by atoms with E-state index in [0.717, 1.165) is 43.9 Å². The van der Waals surface area contributed by atoms with Gasteiger partial charge in [0.1, 0.15) is 11.4 Å². The first-order chi connectivity index (χ1) is 21.2. The fourth-order valence-electron chi connectivity index (χ4n) is 5.56. The van der Waals surface area contributed by atoms with Crippen LogP contribution in [0.2, 0.25) is 0 Å². The second-order valence-electron chi connectivity index (χ2n) is 10.9. The summed E-state index contributed by atoms with van der Waals surface area (Å²) in [7, 11) is 2.06. The van der Waals surface area contributed by atoms with Gasteiger partial charge in [0.2, 0.25) is 0 Å². The Morgan fingerprint density at radius 2 is 1.64 bits per heavy atom. The molecular formula is C30H30F6N4O5. The Morgan fingerprint density at radius 3 is 2.27 bits per heavy atom. The van der Waals surface area contributed by atoms with Crippen molar-refractivity contribution in [1.82, 2.24) is 19.4 Å². The van der Waals surface area contributed by atoms with Crippen molar-refractivity contribution < 1.29 is 50.6 Å². The van der Waals surface area contributed by atoms with Crippen molar-refractivity contribution in [2.24, 2.45) is 0 Å². The molecular weight excluding hydrogens is 610 g/mol. The van der Waals surface area contributed by atoms with Crippen LogP contribution in [0.1, 0.15) is 28.5 Å². The number of rotatable bonds is 8. The van der Waals surface area contributed by atoms with Crippen LogP contribution in [0.25, 0.3) is 22.4 Å². The van der Waals surface area contributed by atoms with Crippen LogP contribution in [-0.2, 0) is 16.2 Å². The number of piperazine rings is 1. The number of amides is 1. The van der Waals surface area contributed by atoms with Crippen molar-refractivity contribution in [3.63, 3.8) is 0 Å². The van der Waals surface area contributed by atoms with E-state index >= 15 is 0 Å². The first-order valence-electron chi connectivity index (χ1n) is 14.1. The largest absolute Gasteiger partial charge is 0.573 e. The van der Waals surface area contributed by atoms with Crippen molar-refractivity contribution in [3.05, 3.63) is 65.9 Å². The Bertz CT molecular complexity index is 1530. The molecule has 0 bridgehead atoms. The number of hydrogen-bond donors (Lipinski definition) is 1. The number of hydrogen-bond acceptors (Lipinski definition) is 7. The van der Waals surface area contributed by atoms with E-state index in [1.54, 1.807) is 12.1 Å². The van der Waals surface area contributed by atoms with Gasteiger partial charge in [0.05, 0.1) is 18.3 Å². The zero-order valence-corrected chi connectivity index (χ0v) is 24.1. The minimum atomic E-state index is -5.37. The minimum absolute atomic E-state index is 0.0415. The van der Waals surface area contributed by atoms with Crippen molar-refractivity contribution in [2.75, 3.05) is 46.4 Å². The lowest BCUT2D eigenvalue weighted by atomic mass is 9.99. The Morgan fingerprint density at radius 1 is 0.956 bits per heavy atom. The van der Waals surface area contributed by atoms with Crippen LogP contribution >= 0.6 is 0 Å². The Balaban J connectivity index is 1.59. The molecule has 1 N–H and O–H groups in total. The molecule has 3 aromatic rings. The van der Waals surface area contributed by atoms with E-state index in [4.69, 9.17) is 0 Å². The van der Waals surface area contributed by atoms with Crippen LogP contribution in [0, 0.1) is 0 Å². The maximum Gasteiger partial charge on any atom is 0.573 e. The third-order valence-electron chi connectivity index (χ3n) is 7.72. The molecule has 242 valence electrons. The van der Waals surface area contributed by atoms with E-state index in [2.05, 4.69) is 26.4 Å². The molecule has 1 saturated heterocycles. The maximum absolute atomic E-state index is 13.4. The first-order valence-corrected chi connectivity index (χ1v) is 14.1. The molecule has 5 rings (SSSR count). The Kier molecular flexibility index (Phi) is 9.14. The summed E-state index contributed by atoms with van der Waals surface area (Å²) >= 11 is 0. The number of likely N-dealkylation sites (N-methyl/N-ethyl adjacent to an activating group) is 1. The van der Waals surface area contributed by atoms with Gasteiger partial charge in [-0.05, 0) is 48.4 Å². The van der Waals surface area contributed by atoms with E-state index in [9.17, 15) is 41.0 Å². The molecule has 0 aliphatic carbocycles. The molecule has 0 radical (unpaired) electrons. The minimum Gasteiger partial charge on any atom is -0.406 e. The predicted octanol–water partition coefficient (Wildman–Crippen LogP) is 4.87. The first kappa shape index (κ1) is 32.3. The quantitative estimate of drug-likeness (QED) is 0.352. The lowest BCUT2D eigenvalue weighted by molar-refractivity contribution is -0.274. The van der Waals surface area contributed by atoms with E-state index in [1.807, 2.05) is 12.1 Å². The number of carbonyl (C=O) groups is 2. The highest BCUT2D eigenvalue weighted by Crippen LogP contribution is 2.42. The van der Waals surface area contributed by atoms with Gasteiger partial charge in [0, 0.05) is 44.9 Å². The number of alkyl halides is 6. The van der Waals surface area contributed by atoms with E-state index in [-0.39, 0.29) is 23.2 Å². The highest BCUT2D eigenvalue weighted by molar-refractivity contribution is 5.99. The van der Waals surface area contributed by atoms with Gasteiger partial charge in [-0.3, -0.25) is 9.69 Å². The second kappa shape index (κ2) is 12.7. The number of nitrogens with zero attached hydrogens (tertiary/aromatic N) is 4. The predicted molar refractivity (Wildman–Crippen MR) is 149 cm³/mol. The fourth-order valence-corrected chi connectivity index (χ4v) is 5.56. The topological polar surface area (TPSA) is 87.5 Å². The SMILES string of the molecule is CN1CCN(Cc2ccc(-c3c(-c4cccc(OC(F)(F)F)c4)cc4n3C(CCO)CN(OC(=O)C(F)(F)F)C4=O)cc2)CC1. The molecule has 45 heavy (non-hydrogen) atoms. The molecule has 2 aliphatic heterocycles. The highest BCUT2D eigenvalue weighted by atomic mass is 19.4. The molecule has 15 heteroatoms. The molecule has 1 fully saturated rings. The highest BCUT2D eigenvalue weighted by Gasteiger charge is 2.45. The van der Waals surface area contributed by atoms with Crippen molar-refractivity contribution in [2.45, 2.75) is 31.5 Å². The molecule has 9 nitrogen and oxygen atoms in total. The number of ether oxygens (including phenoxy) is 1. The van der Waals surface area contributed by atoms with E-state index < -0.39 is 49.4 Å². The van der Waals surface area contributed by atoms with Gasteiger partial charge < -0.3 is 24.1 Å². The number of aromatic nitrogens is 1. The van der Waals surface area contributed by atoms with Gasteiger partial charge >= 0.3 is 24.4 Å². The van der Waals surface area contributed by atoms with Gasteiger partial charge in [-0.1, -0.05) is 36.4 Å². The van der Waals surface area contributed by atoms with Crippen LogP contribution in [-0.4, -0.2) is 95.3 Å². The fraction of sp³-hybridized carbons (Fsp3) is 0.400. The number of aliphatic hydroxyl groups is 1. The van der Waals surface area contributed by atoms with Crippen LogP contribution in [0.3, 0.4) is 0 Å². The average Bonchev–Trinajstić information content (AvgIpc) is 3.37. The lowest BCUT2D eigenvalue weighted by Gasteiger charge is -2.34. The third-order valence-corrected chi connectivity index (χ3v) is 7.72. The van der Waals surface area contributed by atoms with Gasteiger partial charge in [-0.2, -0.15) is 18.2 Å². The summed E-state index contributed by atoms with van der Waals surface area (Å²) in [5.74, 6) is -4.17. The van der Waals surface area contributed by atoms with Crippen molar-refractivity contribution in [3.8, 4) is 28.1 Å². The third kappa shape index (κ3) is 7.43. The maximum atomic E-state index is 13.4. The zero-order valence-electron chi connectivity index (χ0n) is 24.1. The van der Waals surface area contributed by atoms with Gasteiger partial charge in [0.15, 0.2) is 0 Å². The molecule has 2 aliphatic rings. The number of hydroxylamine groups is 2. The van der Waals surface area contributed by atoms with Crippen molar-refractivity contribution >= 4 is 11.9 Å². The Hall–Kier alpha value is -4.08. The van der Waals surface area contributed by atoms with Crippen LogP contribution in [0.4, 0.5) is 26.3 Å². The average molecular weight is 641 g/mol. The summed E-state index contributed by atoms with van der Waals surface area (Å²) in [4.78, 5) is 34.0. The summed E-state index contributed by atoms with van der Waals surface area (Å²) in [5, 5.41) is 10.1. The Labute approximate surface area is 254 Å². The molecule has 1 aromatic heterocycles. The molecule has 1 amide bonds. The summed E-state index contributed by atoms with van der Waals surface area (Å²) in [6, 6.07) is 12.9. The van der Waals surface area contributed by atoms with Gasteiger partial charge in [-0.25, -0.2) is 4.79 Å². The number of halogens is 6. The smallest absolute Gasteiger partial charge is 0.406 e. The summed E-state index contributed by atoms with van der Waals surface area (Å²) < 4.78 is 83.6. The monoisotopic (exact) mass is 640 g/mol. The zero-order chi connectivity index (χ0) is 32.5. The molecule has 1 atom stereocenters. The molecule has 0 spiro atoms. The standard InChI is InChI=1S/C30H30F6N4O5/c1-37-10-12-38(13-11-37)17-19-5-7-20(8-6-19)26-24(21-3-2-4-23(15-21)44-30(34,35)36)16-25-27(42)39(45-28(43)29(31,32)33)18-22(9-14-41)40(25)26/h2-8,15-16,22,41H,9-14,17-18H2,1H3. The molecule has 2 aromatic carbocycles. The summed E-state index contributed by atoms with van der Waals surface area (Å²) in [6.07, 6.45) is -10.4. The summed E-state index contributed by atoms with van der Waals surface area (Å²) in [5.41, 5.74) is 2.28. The lowest BCUT2D eigenvalue weighted by Crippen LogP contribution is -2.46. The van der Waals surface area contributed by atoms with E-state index in [0.29, 0.717) is 22.9 Å². The molecule has 3 heterocycles. The van der Waals surface area contributed by atoms with Crippen molar-refractivity contribution in [1.29, 1.82) is 0 Å². The van der Waals surface area contributed by atoms with Crippen LogP contribution in [0.5, 0.6) is 5.75 Å². The van der Waals surface area contributed by atoms with Gasteiger partial charge in [0.25, 0.3) is 0 Å². The summed E-state index contributed by atoms with van der Waals surface area (Å²) in [6.45, 7) is 3.42. The number of benzene rings is 2. The van der Waals surface area contributed by atoms with Crippen LogP contribution in [0.15, 0.2) is 54.6 Å². The number of fused-ring (bicyclic) bond motifs is 1. The van der Waals surface area contributed by atoms with Crippen LogP contribution < -0.4 is 4.74 Å². The molecule has 1 unspecified atom stereocenters.